The molecule has 0 radical (unpaired) electrons. The number of rotatable bonds is 16. The first-order valence-electron chi connectivity index (χ1n) is 37.2. The van der Waals surface area contributed by atoms with Crippen LogP contribution in [0.3, 0.4) is 0 Å². The Morgan fingerprint density at radius 3 is 0.775 bits per heavy atom. The molecule has 2 unspecified atom stereocenters. The first kappa shape index (κ1) is 66.4. The number of hydrogen-bond donors (Lipinski definition) is 0. The predicted molar refractivity (Wildman–Crippen MR) is 440 cm³/mol. The van der Waals surface area contributed by atoms with Crippen molar-refractivity contribution < 1.29 is 27.0 Å². The number of para-hydroxylation sites is 2. The predicted octanol–water partition coefficient (Wildman–Crippen LogP) is 27.1. The van der Waals surface area contributed by atoms with Crippen LogP contribution >= 0.6 is 0 Å². The zero-order valence-electron chi connectivity index (χ0n) is 59.9. The maximum Gasteiger partial charge on any atom is 0.147 e. The molecule has 0 amide bonds. The molecule has 8 heteroatoms. The second-order valence-corrected chi connectivity index (χ2v) is 28.7. The van der Waals surface area contributed by atoms with Crippen molar-refractivity contribution in [3.05, 3.63) is 478 Å². The Morgan fingerprint density at radius 2 is 0.477 bits per heavy atom. The zero-order chi connectivity index (χ0) is 74.7. The monoisotopic (exact) mass is 1440 g/mol. The van der Waals surface area contributed by atoms with Crippen LogP contribution in [0.2, 0.25) is 0 Å². The Hall–Kier alpha value is -14.1. The Kier molecular flexibility index (Phi) is 15.6. The van der Waals surface area contributed by atoms with Crippen molar-refractivity contribution in [1.29, 1.82) is 0 Å². The number of nitrogens with zero attached hydrogens (tertiary/aromatic N) is 2. The van der Waals surface area contributed by atoms with Crippen molar-refractivity contribution in [1.82, 2.24) is 0 Å². The van der Waals surface area contributed by atoms with Gasteiger partial charge in [0.15, 0.2) is 0 Å². The summed E-state index contributed by atoms with van der Waals surface area (Å²) < 4.78 is 78.9. The van der Waals surface area contributed by atoms with Gasteiger partial charge >= 0.3 is 0 Å². The molecule has 0 saturated carbocycles. The van der Waals surface area contributed by atoms with Gasteiger partial charge in [0.1, 0.15) is 46.3 Å². The Bertz CT molecular complexity index is 6040. The van der Waals surface area contributed by atoms with E-state index in [9.17, 15) is 0 Å². The number of hydrogen-bond acceptors (Lipinski definition) is 4. The van der Waals surface area contributed by atoms with Crippen LogP contribution in [0.5, 0.6) is 23.0 Å². The number of fused-ring (bicyclic) bond motifs is 16. The molecule has 0 fully saturated rings. The van der Waals surface area contributed by atoms with Gasteiger partial charge in [0.25, 0.3) is 0 Å². The molecule has 4 aliphatic carbocycles. The fourth-order valence-corrected chi connectivity index (χ4v) is 18.5. The minimum Gasteiger partial charge on any atom is -0.457 e. The quantitative estimate of drug-likeness (QED) is 0.0900. The van der Waals surface area contributed by atoms with E-state index in [1.54, 1.807) is 24.3 Å². The third-order valence-corrected chi connectivity index (χ3v) is 23.2. The molecule has 0 aromatic heterocycles. The van der Waals surface area contributed by atoms with Gasteiger partial charge in [-0.05, 0) is 268 Å². The SMILES string of the molecule is C=Cc1ccc(Oc2ccc(C3(c4ccc(F)cc4)c4ccccc4-c4ccc(N(c5ccc6c(c5)C5(c7ccccc7-6)c6ccccc6-c6ccc(N(c7ccc8c(c7)C(c7ccc(F)cc7)(c7ccc(Oc9ccc(C=C)cc9)cc7)c7ccccc7-8)c7ccccc7F)cc65)c5ccccc5F)cc43)cc2)cc1. The molecule has 20 rings (SSSR count). The van der Waals surface area contributed by atoms with Gasteiger partial charge in [-0.15, -0.1) is 0 Å². The van der Waals surface area contributed by atoms with E-state index in [-0.39, 0.29) is 11.6 Å². The van der Waals surface area contributed by atoms with Gasteiger partial charge in [-0.1, -0.05) is 244 Å². The van der Waals surface area contributed by atoms with Crippen molar-refractivity contribution in [2.24, 2.45) is 0 Å². The highest BCUT2D eigenvalue weighted by Crippen LogP contribution is 2.66. The zero-order valence-corrected chi connectivity index (χ0v) is 59.9. The molecule has 4 nitrogen and oxygen atoms in total. The molecule has 528 valence electrons. The molecule has 16 aromatic carbocycles. The Balaban J connectivity index is 0.766. The van der Waals surface area contributed by atoms with Crippen LogP contribution in [-0.2, 0) is 16.2 Å². The van der Waals surface area contributed by atoms with Crippen LogP contribution < -0.4 is 19.3 Å². The van der Waals surface area contributed by atoms with Crippen molar-refractivity contribution in [2.45, 2.75) is 16.2 Å². The molecular weight excluding hydrogens is 1370 g/mol. The molecule has 16 aromatic rings. The van der Waals surface area contributed by atoms with E-state index >= 15 is 17.6 Å². The molecule has 1 spiro atoms. The van der Waals surface area contributed by atoms with Gasteiger partial charge < -0.3 is 19.3 Å². The third-order valence-electron chi connectivity index (χ3n) is 23.2. The average Bonchev–Trinajstić information content (AvgIpc) is 1.52. The second-order valence-electron chi connectivity index (χ2n) is 28.7. The Morgan fingerprint density at radius 1 is 0.234 bits per heavy atom. The van der Waals surface area contributed by atoms with Crippen LogP contribution in [-0.4, -0.2) is 0 Å². The van der Waals surface area contributed by atoms with Crippen LogP contribution in [0, 0.1) is 23.3 Å². The molecule has 0 saturated heterocycles. The number of anilines is 6. The van der Waals surface area contributed by atoms with E-state index in [1.807, 2.05) is 143 Å². The van der Waals surface area contributed by atoms with E-state index < -0.39 is 27.9 Å². The summed E-state index contributed by atoms with van der Waals surface area (Å²) in [7, 11) is 0. The fraction of sp³-hybridized carbons (Fsp3) is 0.0291. The lowest BCUT2D eigenvalue weighted by Gasteiger charge is -2.35. The summed E-state index contributed by atoms with van der Waals surface area (Å²) in [6.45, 7) is 7.83. The van der Waals surface area contributed by atoms with E-state index in [4.69, 9.17) is 9.47 Å². The van der Waals surface area contributed by atoms with Gasteiger partial charge in [0.2, 0.25) is 0 Å². The van der Waals surface area contributed by atoms with Gasteiger partial charge in [0.05, 0.1) is 27.6 Å². The molecule has 2 atom stereocenters. The first-order chi connectivity index (χ1) is 54.5. The molecule has 0 bridgehead atoms. The normalized spacial score (nSPS) is 16.1. The summed E-state index contributed by atoms with van der Waals surface area (Å²) in [4.78, 5) is 4.06. The first-order valence-corrected chi connectivity index (χ1v) is 37.2. The average molecular weight is 1440 g/mol. The van der Waals surface area contributed by atoms with Crippen LogP contribution in [0.4, 0.5) is 51.7 Å². The highest BCUT2D eigenvalue weighted by Gasteiger charge is 2.53. The molecule has 0 N–H and O–H groups in total. The number of ether oxygens (including phenoxy) is 2. The molecule has 0 aliphatic heterocycles. The third kappa shape index (κ3) is 10.2. The van der Waals surface area contributed by atoms with Crippen molar-refractivity contribution in [3.63, 3.8) is 0 Å². The number of benzene rings is 16. The minimum absolute atomic E-state index is 0.334. The minimum atomic E-state index is -1.01. The molecule has 111 heavy (non-hydrogen) atoms. The maximum absolute atomic E-state index is 17.6. The lowest BCUT2D eigenvalue weighted by atomic mass is 9.67. The smallest absolute Gasteiger partial charge is 0.147 e. The summed E-state index contributed by atoms with van der Waals surface area (Å²) in [5.41, 5.74) is 22.1. The fourth-order valence-electron chi connectivity index (χ4n) is 18.5. The lowest BCUT2D eigenvalue weighted by Crippen LogP contribution is -2.29. The maximum atomic E-state index is 17.6. The summed E-state index contributed by atoms with van der Waals surface area (Å²) in [5.74, 6) is 1.08. The van der Waals surface area contributed by atoms with Gasteiger partial charge in [-0.3, -0.25) is 0 Å². The molecule has 4 aliphatic rings. The van der Waals surface area contributed by atoms with Crippen LogP contribution in [0.1, 0.15) is 77.9 Å². The highest BCUT2D eigenvalue weighted by molar-refractivity contribution is 5.99. The number of halogens is 4. The van der Waals surface area contributed by atoms with Crippen LogP contribution in [0.15, 0.2) is 377 Å². The van der Waals surface area contributed by atoms with Crippen molar-refractivity contribution in [2.75, 3.05) is 9.80 Å². The molecular formula is C103H66F4N2O2. The van der Waals surface area contributed by atoms with Gasteiger partial charge in [-0.25, -0.2) is 17.6 Å². The van der Waals surface area contributed by atoms with E-state index in [2.05, 4.69) is 195 Å². The van der Waals surface area contributed by atoms with Crippen LogP contribution in [0.25, 0.3) is 56.7 Å². The van der Waals surface area contributed by atoms with Crippen molar-refractivity contribution >= 4 is 46.3 Å². The summed E-state index contributed by atoms with van der Waals surface area (Å²) in [5, 5.41) is 0. The molecule has 0 heterocycles. The second kappa shape index (κ2) is 26.1. The van der Waals surface area contributed by atoms with E-state index in [0.29, 0.717) is 57.1 Å². The summed E-state index contributed by atoms with van der Waals surface area (Å²) in [6, 6.07) is 119. The lowest BCUT2D eigenvalue weighted by molar-refractivity contribution is 0.482. The topological polar surface area (TPSA) is 24.9 Å². The van der Waals surface area contributed by atoms with Gasteiger partial charge in [-0.2, -0.15) is 0 Å². The standard InChI is InChI=1S/C103H66F4N2O2/c1-3-65-29-49-77(50-30-65)110-79-53-37-69(38-54-79)101(67-33-41-71(104)42-34-67)89-21-9-5-17-81(89)85-57-45-73(61-93(85)101)108(99-27-15-13-25-97(99)106)75-47-59-87-83-19-7-11-23-91(83)103(95(87)63-75)92-24-12-8-20-84(92)88-60-48-76(64-96(88)103)109(100-28-16-14-26-98(100)107)74-46-58-86-82-18-6-10-22-90(82)102(94(86)62-74,68-35-43-72(105)44-36-68)70-39-55-80(56-40-70)111-78-51-31-66(4-2)32-52-78/h3-64H,1-2H2. The summed E-state index contributed by atoms with van der Waals surface area (Å²) in [6.07, 6.45) is 3.59. The van der Waals surface area contributed by atoms with E-state index in [1.165, 1.54) is 36.4 Å². The summed E-state index contributed by atoms with van der Waals surface area (Å²) >= 11 is 0. The largest absolute Gasteiger partial charge is 0.457 e. The van der Waals surface area contributed by atoms with Crippen molar-refractivity contribution in [3.8, 4) is 67.5 Å². The highest BCUT2D eigenvalue weighted by atomic mass is 19.1. The van der Waals surface area contributed by atoms with E-state index in [0.717, 1.165) is 122 Å². The Labute approximate surface area is 641 Å². The van der Waals surface area contributed by atoms with Gasteiger partial charge in [0, 0.05) is 22.7 Å².